The maximum absolute atomic E-state index is 13.0. The summed E-state index contributed by atoms with van der Waals surface area (Å²) in [6.07, 6.45) is 0.470. The number of nitrogens with one attached hydrogen (secondary N) is 1. The van der Waals surface area contributed by atoms with Crippen LogP contribution in [-0.4, -0.2) is 17.6 Å². The summed E-state index contributed by atoms with van der Waals surface area (Å²) in [5, 5.41) is 11.9. The van der Waals surface area contributed by atoms with E-state index in [1.807, 2.05) is 0 Å². The Morgan fingerprint density at radius 2 is 1.90 bits per heavy atom. The zero-order valence-electron chi connectivity index (χ0n) is 11.5. The second-order valence-electron chi connectivity index (χ2n) is 4.70. The van der Waals surface area contributed by atoms with Crippen molar-refractivity contribution in [3.05, 3.63) is 58.5 Å². The molecule has 1 aromatic carbocycles. The van der Waals surface area contributed by atoms with E-state index in [2.05, 4.69) is 5.32 Å². The highest BCUT2D eigenvalue weighted by Crippen LogP contribution is 2.14. The number of hydrogen-bond donors (Lipinski definition) is 2. The van der Waals surface area contributed by atoms with Crippen LogP contribution in [-0.2, 0) is 13.0 Å². The molecule has 0 aliphatic heterocycles. The van der Waals surface area contributed by atoms with Crippen LogP contribution in [0.5, 0.6) is 0 Å². The SMILES string of the molecule is Cc1oc(C(=O)O)cc1CNCCc1cc(F)cc(F)c1. The van der Waals surface area contributed by atoms with Crippen molar-refractivity contribution in [3.8, 4) is 0 Å². The van der Waals surface area contributed by atoms with E-state index in [0.29, 0.717) is 30.8 Å². The summed E-state index contributed by atoms with van der Waals surface area (Å²) in [5.74, 6) is -1.86. The molecule has 0 amide bonds. The highest BCUT2D eigenvalue weighted by atomic mass is 19.1. The van der Waals surface area contributed by atoms with Crippen LogP contribution in [0.3, 0.4) is 0 Å². The Balaban J connectivity index is 1.86. The van der Waals surface area contributed by atoms with E-state index < -0.39 is 17.6 Å². The summed E-state index contributed by atoms with van der Waals surface area (Å²) in [6.45, 7) is 2.63. The first kappa shape index (κ1) is 15.2. The van der Waals surface area contributed by atoms with Crippen LogP contribution < -0.4 is 5.32 Å². The van der Waals surface area contributed by atoms with Gasteiger partial charge in [0.1, 0.15) is 17.4 Å². The Morgan fingerprint density at radius 1 is 1.24 bits per heavy atom. The summed E-state index contributed by atoms with van der Waals surface area (Å²) < 4.78 is 31.1. The molecule has 0 atom stereocenters. The number of halogens is 2. The summed E-state index contributed by atoms with van der Waals surface area (Å²) in [7, 11) is 0. The number of hydrogen-bond acceptors (Lipinski definition) is 3. The standard InChI is InChI=1S/C15H15F2NO3/c1-9-11(6-14(21-9)15(19)20)8-18-3-2-10-4-12(16)7-13(17)5-10/h4-7,18H,2-3,8H2,1H3,(H,19,20). The van der Waals surface area contributed by atoms with Crippen molar-refractivity contribution in [1.29, 1.82) is 0 Å². The summed E-state index contributed by atoms with van der Waals surface area (Å²) >= 11 is 0. The predicted octanol–water partition coefficient (Wildman–Crippen LogP) is 2.90. The van der Waals surface area contributed by atoms with Gasteiger partial charge in [0.25, 0.3) is 0 Å². The number of carbonyl (C=O) groups is 1. The van der Waals surface area contributed by atoms with Crippen LogP contribution >= 0.6 is 0 Å². The Morgan fingerprint density at radius 3 is 2.48 bits per heavy atom. The van der Waals surface area contributed by atoms with E-state index in [-0.39, 0.29) is 5.76 Å². The van der Waals surface area contributed by atoms with Gasteiger partial charge in [-0.2, -0.15) is 0 Å². The molecule has 1 heterocycles. The lowest BCUT2D eigenvalue weighted by Crippen LogP contribution is -2.17. The fraction of sp³-hybridized carbons (Fsp3) is 0.267. The molecule has 0 bridgehead atoms. The third-order valence-corrected chi connectivity index (χ3v) is 3.06. The predicted molar refractivity (Wildman–Crippen MR) is 72.2 cm³/mol. The average Bonchev–Trinajstić information content (AvgIpc) is 2.75. The Hall–Kier alpha value is -2.21. The van der Waals surface area contributed by atoms with E-state index in [4.69, 9.17) is 9.52 Å². The van der Waals surface area contributed by atoms with E-state index in [0.717, 1.165) is 11.6 Å². The van der Waals surface area contributed by atoms with Crippen LogP contribution in [0, 0.1) is 18.6 Å². The van der Waals surface area contributed by atoms with Crippen LogP contribution in [0.2, 0.25) is 0 Å². The molecule has 0 spiro atoms. The van der Waals surface area contributed by atoms with Crippen LogP contribution in [0.1, 0.15) is 27.4 Å². The molecule has 0 fully saturated rings. The lowest BCUT2D eigenvalue weighted by molar-refractivity contribution is 0.0661. The lowest BCUT2D eigenvalue weighted by Gasteiger charge is -2.04. The highest BCUT2D eigenvalue weighted by Gasteiger charge is 2.12. The number of carboxylic acids is 1. The first-order chi connectivity index (χ1) is 9.95. The van der Waals surface area contributed by atoms with E-state index >= 15 is 0 Å². The topological polar surface area (TPSA) is 62.5 Å². The molecular formula is C15H15F2NO3. The zero-order valence-corrected chi connectivity index (χ0v) is 11.5. The molecular weight excluding hydrogens is 280 g/mol. The van der Waals surface area contributed by atoms with Crippen molar-refractivity contribution in [1.82, 2.24) is 5.32 Å². The fourth-order valence-corrected chi connectivity index (χ4v) is 2.01. The first-order valence-electron chi connectivity index (χ1n) is 6.44. The molecule has 0 aliphatic carbocycles. The number of rotatable bonds is 6. The first-order valence-corrected chi connectivity index (χ1v) is 6.44. The third-order valence-electron chi connectivity index (χ3n) is 3.06. The van der Waals surface area contributed by atoms with Gasteiger partial charge in [-0.3, -0.25) is 0 Å². The minimum atomic E-state index is -1.11. The molecule has 2 rings (SSSR count). The molecule has 0 saturated heterocycles. The quantitative estimate of drug-likeness (QED) is 0.804. The zero-order chi connectivity index (χ0) is 15.4. The molecule has 0 unspecified atom stereocenters. The molecule has 6 heteroatoms. The maximum atomic E-state index is 13.0. The van der Waals surface area contributed by atoms with Crippen molar-refractivity contribution in [2.45, 2.75) is 19.9 Å². The van der Waals surface area contributed by atoms with Gasteiger partial charge in [0.15, 0.2) is 0 Å². The second-order valence-corrected chi connectivity index (χ2v) is 4.70. The maximum Gasteiger partial charge on any atom is 0.371 e. The van der Waals surface area contributed by atoms with Gasteiger partial charge in [-0.15, -0.1) is 0 Å². The van der Waals surface area contributed by atoms with Gasteiger partial charge < -0.3 is 14.8 Å². The van der Waals surface area contributed by atoms with Gasteiger partial charge in [-0.05, 0) is 43.7 Å². The van der Waals surface area contributed by atoms with Gasteiger partial charge in [-0.1, -0.05) is 0 Å². The van der Waals surface area contributed by atoms with Crippen LogP contribution in [0.15, 0.2) is 28.7 Å². The highest BCUT2D eigenvalue weighted by molar-refractivity contribution is 5.84. The summed E-state index contributed by atoms with van der Waals surface area (Å²) in [5.41, 5.74) is 1.31. The van der Waals surface area contributed by atoms with Crippen molar-refractivity contribution < 1.29 is 23.1 Å². The van der Waals surface area contributed by atoms with E-state index in [1.165, 1.54) is 18.2 Å². The Kier molecular flexibility index (Phi) is 4.70. The largest absolute Gasteiger partial charge is 0.475 e. The number of aryl methyl sites for hydroxylation is 1. The summed E-state index contributed by atoms with van der Waals surface area (Å²) in [6, 6.07) is 4.87. The monoisotopic (exact) mass is 295 g/mol. The fourth-order valence-electron chi connectivity index (χ4n) is 2.01. The summed E-state index contributed by atoms with van der Waals surface area (Å²) in [4.78, 5) is 10.8. The third kappa shape index (κ3) is 4.13. The smallest absolute Gasteiger partial charge is 0.371 e. The van der Waals surface area contributed by atoms with Gasteiger partial charge in [0.05, 0.1) is 0 Å². The van der Waals surface area contributed by atoms with E-state index in [1.54, 1.807) is 6.92 Å². The minimum absolute atomic E-state index is 0.100. The molecule has 2 N–H and O–H groups in total. The van der Waals surface area contributed by atoms with Crippen LogP contribution in [0.4, 0.5) is 8.78 Å². The number of benzene rings is 1. The van der Waals surface area contributed by atoms with Crippen molar-refractivity contribution in [2.24, 2.45) is 0 Å². The average molecular weight is 295 g/mol. The molecule has 0 aliphatic rings. The normalized spacial score (nSPS) is 10.8. The van der Waals surface area contributed by atoms with Crippen molar-refractivity contribution >= 4 is 5.97 Å². The van der Waals surface area contributed by atoms with Gasteiger partial charge in [0, 0.05) is 18.2 Å². The van der Waals surface area contributed by atoms with Gasteiger partial charge >= 0.3 is 5.97 Å². The van der Waals surface area contributed by atoms with Crippen molar-refractivity contribution in [2.75, 3.05) is 6.54 Å². The number of furan rings is 1. The Labute approximate surface area is 120 Å². The van der Waals surface area contributed by atoms with Gasteiger partial charge in [-0.25, -0.2) is 13.6 Å². The molecule has 0 saturated carbocycles. The minimum Gasteiger partial charge on any atom is -0.475 e. The van der Waals surface area contributed by atoms with E-state index in [9.17, 15) is 13.6 Å². The number of carboxylic acid groups (broad SMARTS) is 1. The second kappa shape index (κ2) is 6.49. The molecule has 112 valence electrons. The lowest BCUT2D eigenvalue weighted by atomic mass is 10.1. The molecule has 0 radical (unpaired) electrons. The van der Waals surface area contributed by atoms with Gasteiger partial charge in [0.2, 0.25) is 5.76 Å². The molecule has 4 nitrogen and oxygen atoms in total. The molecule has 21 heavy (non-hydrogen) atoms. The van der Waals surface area contributed by atoms with Crippen molar-refractivity contribution in [3.63, 3.8) is 0 Å². The number of aromatic carboxylic acids is 1. The molecule has 1 aromatic heterocycles. The Bertz CT molecular complexity index is 632. The van der Waals surface area contributed by atoms with Crippen LogP contribution in [0.25, 0.3) is 0 Å². The molecule has 2 aromatic rings.